The van der Waals surface area contributed by atoms with Crippen molar-refractivity contribution in [3.63, 3.8) is 0 Å². The van der Waals surface area contributed by atoms with E-state index >= 15 is 0 Å². The average molecular weight is 335 g/mol. The molecule has 24 heavy (non-hydrogen) atoms. The fraction of sp³-hybridized carbons (Fsp3) is 0.579. The lowest BCUT2D eigenvalue weighted by molar-refractivity contribution is -0.121. The number of carbonyl (C=O) groups excluding carboxylic acids is 2. The Morgan fingerprint density at radius 2 is 1.79 bits per heavy atom. The number of benzene rings is 1. The van der Waals surface area contributed by atoms with E-state index in [2.05, 4.69) is 5.32 Å². The van der Waals surface area contributed by atoms with Crippen molar-refractivity contribution in [2.24, 2.45) is 5.92 Å². The monoisotopic (exact) mass is 335 g/mol. The third kappa shape index (κ3) is 8.79. The van der Waals surface area contributed by atoms with Crippen molar-refractivity contribution in [3.8, 4) is 0 Å². The predicted molar refractivity (Wildman–Crippen MR) is 93.9 cm³/mol. The summed E-state index contributed by atoms with van der Waals surface area (Å²) in [7, 11) is 0. The minimum absolute atomic E-state index is 0.00658. The Hall–Kier alpha value is -1.72. The van der Waals surface area contributed by atoms with Crippen molar-refractivity contribution in [1.82, 2.24) is 5.32 Å². The zero-order valence-electron chi connectivity index (χ0n) is 14.5. The molecular weight excluding hydrogens is 306 g/mol. The van der Waals surface area contributed by atoms with E-state index in [0.29, 0.717) is 37.0 Å². The van der Waals surface area contributed by atoms with E-state index in [4.69, 9.17) is 9.84 Å². The molecule has 2 N–H and O–H groups in total. The van der Waals surface area contributed by atoms with Crippen LogP contribution in [0.25, 0.3) is 0 Å². The van der Waals surface area contributed by atoms with Crippen LogP contribution in [0.2, 0.25) is 0 Å². The van der Waals surface area contributed by atoms with E-state index in [1.54, 1.807) is 19.1 Å². The SMILES string of the molecule is CC(=O)C1CCCCC1.O=C(NCCOCCO)c1ccccc1. The van der Waals surface area contributed by atoms with Crippen molar-refractivity contribution >= 4 is 11.7 Å². The van der Waals surface area contributed by atoms with Gasteiger partial charge in [0.2, 0.25) is 0 Å². The Labute approximate surface area is 144 Å². The molecule has 1 saturated carbocycles. The lowest BCUT2D eigenvalue weighted by atomic mass is 9.87. The third-order valence-corrected chi connectivity index (χ3v) is 3.98. The highest BCUT2D eigenvalue weighted by atomic mass is 16.5. The van der Waals surface area contributed by atoms with Crippen molar-refractivity contribution < 1.29 is 19.4 Å². The maximum Gasteiger partial charge on any atom is 0.251 e. The molecule has 5 nitrogen and oxygen atoms in total. The Morgan fingerprint density at radius 3 is 2.33 bits per heavy atom. The average Bonchev–Trinajstić information content (AvgIpc) is 2.63. The zero-order valence-corrected chi connectivity index (χ0v) is 14.5. The van der Waals surface area contributed by atoms with E-state index in [9.17, 15) is 9.59 Å². The van der Waals surface area contributed by atoms with Crippen molar-refractivity contribution in [1.29, 1.82) is 0 Å². The van der Waals surface area contributed by atoms with Crippen LogP contribution in [0.1, 0.15) is 49.4 Å². The first-order valence-electron chi connectivity index (χ1n) is 8.67. The molecule has 0 unspecified atom stereocenters. The number of ether oxygens (including phenoxy) is 1. The second kappa shape index (κ2) is 12.7. The van der Waals surface area contributed by atoms with Gasteiger partial charge >= 0.3 is 0 Å². The fourth-order valence-corrected chi connectivity index (χ4v) is 2.60. The zero-order chi connectivity index (χ0) is 17.6. The number of rotatable bonds is 7. The van der Waals surface area contributed by atoms with Crippen LogP contribution in [0.5, 0.6) is 0 Å². The number of ketones is 1. The van der Waals surface area contributed by atoms with Gasteiger partial charge in [0.25, 0.3) is 5.91 Å². The molecule has 5 heteroatoms. The Kier molecular flexibility index (Phi) is 10.7. The number of hydrogen-bond donors (Lipinski definition) is 2. The van der Waals surface area contributed by atoms with Crippen LogP contribution in [0.3, 0.4) is 0 Å². The second-order valence-corrected chi connectivity index (χ2v) is 5.90. The summed E-state index contributed by atoms with van der Waals surface area (Å²) in [6.45, 7) is 2.90. The number of aliphatic hydroxyl groups is 1. The molecule has 1 aliphatic carbocycles. The standard InChI is InChI=1S/C11H15NO3.C8H14O/c13-7-9-15-8-6-12-11(14)10-4-2-1-3-5-10;1-7(9)8-5-3-2-4-6-8/h1-5,13H,6-9H2,(H,12,14);8H,2-6H2,1H3. The minimum Gasteiger partial charge on any atom is -0.394 e. The van der Waals surface area contributed by atoms with Gasteiger partial charge in [-0.3, -0.25) is 9.59 Å². The fourth-order valence-electron chi connectivity index (χ4n) is 2.60. The Balaban J connectivity index is 0.000000272. The molecule has 0 saturated heterocycles. The summed E-state index contributed by atoms with van der Waals surface area (Å²) < 4.78 is 5.00. The Morgan fingerprint density at radius 1 is 1.12 bits per heavy atom. The molecule has 0 atom stereocenters. The number of amides is 1. The summed E-state index contributed by atoms with van der Waals surface area (Å²) in [6.07, 6.45) is 6.17. The van der Waals surface area contributed by atoms with E-state index in [0.717, 1.165) is 12.8 Å². The van der Waals surface area contributed by atoms with Gasteiger partial charge < -0.3 is 15.2 Å². The molecule has 0 bridgehead atoms. The van der Waals surface area contributed by atoms with Gasteiger partial charge in [-0.15, -0.1) is 0 Å². The van der Waals surface area contributed by atoms with Crippen molar-refractivity contribution in [2.45, 2.75) is 39.0 Å². The summed E-state index contributed by atoms with van der Waals surface area (Å²) in [5.41, 5.74) is 0.639. The molecule has 1 amide bonds. The molecular formula is C19H29NO4. The van der Waals surface area contributed by atoms with Gasteiger partial charge in [0.05, 0.1) is 19.8 Å². The maximum atomic E-state index is 11.5. The molecule has 2 rings (SSSR count). The predicted octanol–water partition coefficient (Wildman–Crippen LogP) is 2.58. The second-order valence-electron chi connectivity index (χ2n) is 5.90. The summed E-state index contributed by atoms with van der Waals surface area (Å²) in [5, 5.41) is 11.2. The molecule has 1 aromatic carbocycles. The van der Waals surface area contributed by atoms with Crippen LogP contribution >= 0.6 is 0 Å². The lowest BCUT2D eigenvalue weighted by Crippen LogP contribution is -2.27. The summed E-state index contributed by atoms with van der Waals surface area (Å²) in [5.74, 6) is 0.705. The van der Waals surface area contributed by atoms with Crippen LogP contribution in [0.15, 0.2) is 30.3 Å². The highest BCUT2D eigenvalue weighted by Gasteiger charge is 2.16. The topological polar surface area (TPSA) is 75.6 Å². The number of aliphatic hydroxyl groups excluding tert-OH is 1. The molecule has 1 aromatic rings. The van der Waals surface area contributed by atoms with Crippen LogP contribution in [0.4, 0.5) is 0 Å². The molecule has 0 heterocycles. The lowest BCUT2D eigenvalue weighted by Gasteiger charge is -2.17. The Bertz CT molecular complexity index is 470. The first-order chi connectivity index (χ1) is 11.6. The smallest absolute Gasteiger partial charge is 0.251 e. The largest absolute Gasteiger partial charge is 0.394 e. The number of hydrogen-bond acceptors (Lipinski definition) is 4. The molecule has 1 fully saturated rings. The highest BCUT2D eigenvalue weighted by Crippen LogP contribution is 2.23. The van der Waals surface area contributed by atoms with Gasteiger partial charge in [-0.05, 0) is 31.9 Å². The van der Waals surface area contributed by atoms with Gasteiger partial charge in [-0.2, -0.15) is 0 Å². The van der Waals surface area contributed by atoms with Crippen LogP contribution in [0, 0.1) is 5.92 Å². The number of Topliss-reactive ketones (excluding diaryl/α,β-unsaturated/α-hetero) is 1. The molecule has 0 aromatic heterocycles. The number of nitrogens with one attached hydrogen (secondary N) is 1. The van der Waals surface area contributed by atoms with Gasteiger partial charge in [-0.1, -0.05) is 37.5 Å². The summed E-state index contributed by atoms with van der Waals surface area (Å²) in [6, 6.07) is 9.00. The third-order valence-electron chi connectivity index (χ3n) is 3.98. The van der Waals surface area contributed by atoms with E-state index < -0.39 is 0 Å². The quantitative estimate of drug-likeness (QED) is 0.751. The van der Waals surface area contributed by atoms with Gasteiger partial charge in [0.15, 0.2) is 0 Å². The normalized spacial score (nSPS) is 14.4. The van der Waals surface area contributed by atoms with Gasteiger partial charge in [-0.25, -0.2) is 0 Å². The van der Waals surface area contributed by atoms with E-state index in [1.807, 2.05) is 18.2 Å². The van der Waals surface area contributed by atoms with E-state index in [1.165, 1.54) is 19.3 Å². The van der Waals surface area contributed by atoms with Gasteiger partial charge in [0.1, 0.15) is 5.78 Å². The van der Waals surface area contributed by atoms with Crippen LogP contribution in [-0.4, -0.2) is 43.2 Å². The maximum absolute atomic E-state index is 11.5. The summed E-state index contributed by atoms with van der Waals surface area (Å²) >= 11 is 0. The van der Waals surface area contributed by atoms with Crippen LogP contribution < -0.4 is 5.32 Å². The van der Waals surface area contributed by atoms with Crippen LogP contribution in [-0.2, 0) is 9.53 Å². The highest BCUT2D eigenvalue weighted by molar-refractivity contribution is 5.94. The molecule has 0 spiro atoms. The first kappa shape index (κ1) is 20.3. The van der Waals surface area contributed by atoms with Gasteiger partial charge in [0, 0.05) is 18.0 Å². The number of carbonyl (C=O) groups is 2. The minimum atomic E-state index is -0.108. The first-order valence-corrected chi connectivity index (χ1v) is 8.67. The summed E-state index contributed by atoms with van der Waals surface area (Å²) in [4.78, 5) is 22.3. The molecule has 0 aliphatic heterocycles. The molecule has 0 radical (unpaired) electrons. The molecule has 134 valence electrons. The van der Waals surface area contributed by atoms with E-state index in [-0.39, 0.29) is 12.5 Å². The van der Waals surface area contributed by atoms with Crippen molar-refractivity contribution in [2.75, 3.05) is 26.4 Å². The van der Waals surface area contributed by atoms with Crippen molar-refractivity contribution in [3.05, 3.63) is 35.9 Å². The molecule has 1 aliphatic rings.